The molecule has 4 aromatic rings. The summed E-state index contributed by atoms with van der Waals surface area (Å²) in [6.07, 6.45) is -1.98. The number of halogens is 3. The van der Waals surface area contributed by atoms with Gasteiger partial charge in [0.2, 0.25) is 0 Å². The second kappa shape index (κ2) is 5.13. The zero-order valence-corrected chi connectivity index (χ0v) is 12.8. The number of aromatic nitrogens is 5. The molecule has 0 radical (unpaired) electrons. The maximum atomic E-state index is 12.8. The van der Waals surface area contributed by atoms with Crippen LogP contribution in [-0.2, 0) is 6.18 Å². The molecule has 126 valence electrons. The molecule has 3 heterocycles. The Labute approximate surface area is 138 Å². The number of rotatable bonds is 1. The molecule has 1 aromatic carbocycles. The van der Waals surface area contributed by atoms with E-state index in [4.69, 9.17) is 0 Å². The normalized spacial score (nSPS) is 12.2. The second-order valence-electron chi connectivity index (χ2n) is 5.53. The van der Waals surface area contributed by atoms with Gasteiger partial charge in [0.05, 0.1) is 10.9 Å². The van der Waals surface area contributed by atoms with E-state index in [1.54, 1.807) is 12.1 Å². The van der Waals surface area contributed by atoms with Crippen LogP contribution >= 0.6 is 0 Å². The average Bonchev–Trinajstić information content (AvgIpc) is 3.01. The molecule has 0 saturated heterocycles. The average molecular weight is 345 g/mol. The SMILES string of the molecule is Cc1ccc(-n2ccc3c(cnc4nc(C(F)(F)F)nn43)c2=O)cc1. The number of benzene rings is 1. The van der Waals surface area contributed by atoms with E-state index in [0.29, 0.717) is 5.69 Å². The summed E-state index contributed by atoms with van der Waals surface area (Å²) in [6, 6.07) is 8.80. The van der Waals surface area contributed by atoms with Crippen LogP contribution in [0, 0.1) is 6.92 Å². The Morgan fingerprint density at radius 2 is 1.80 bits per heavy atom. The van der Waals surface area contributed by atoms with Crippen molar-refractivity contribution >= 4 is 16.7 Å². The maximum Gasteiger partial charge on any atom is 0.453 e. The highest BCUT2D eigenvalue weighted by molar-refractivity contribution is 5.79. The molecule has 0 atom stereocenters. The first-order valence-corrected chi connectivity index (χ1v) is 7.26. The molecule has 3 aromatic heterocycles. The van der Waals surface area contributed by atoms with Crippen LogP contribution in [0.3, 0.4) is 0 Å². The fourth-order valence-electron chi connectivity index (χ4n) is 2.55. The summed E-state index contributed by atoms with van der Waals surface area (Å²) in [4.78, 5) is 19.9. The molecule has 0 fully saturated rings. The Kier molecular flexibility index (Phi) is 3.14. The number of hydrogen-bond donors (Lipinski definition) is 0. The molecule has 0 bridgehead atoms. The topological polar surface area (TPSA) is 65.1 Å². The van der Waals surface area contributed by atoms with E-state index in [2.05, 4.69) is 15.1 Å². The van der Waals surface area contributed by atoms with Crippen LogP contribution in [-0.4, -0.2) is 24.1 Å². The number of hydrogen-bond acceptors (Lipinski definition) is 4. The Balaban J connectivity index is 1.97. The van der Waals surface area contributed by atoms with Crippen molar-refractivity contribution in [1.82, 2.24) is 24.1 Å². The van der Waals surface area contributed by atoms with Gasteiger partial charge in [0, 0.05) is 18.1 Å². The first kappa shape index (κ1) is 15.3. The highest BCUT2D eigenvalue weighted by Gasteiger charge is 2.36. The lowest BCUT2D eigenvalue weighted by atomic mass is 10.2. The van der Waals surface area contributed by atoms with Crippen molar-refractivity contribution in [2.45, 2.75) is 13.1 Å². The molecule has 0 saturated carbocycles. The highest BCUT2D eigenvalue weighted by Crippen LogP contribution is 2.26. The molecule has 4 rings (SSSR count). The minimum atomic E-state index is -4.68. The standard InChI is InChI=1S/C16H10F3N5O/c1-9-2-4-10(5-3-9)23-7-6-12-11(13(23)25)8-20-15-21-14(16(17,18)19)22-24(12)15/h2-8H,1H3. The van der Waals surface area contributed by atoms with E-state index < -0.39 is 17.6 Å². The minimum absolute atomic E-state index is 0.147. The lowest BCUT2D eigenvalue weighted by molar-refractivity contribution is -0.144. The Morgan fingerprint density at radius 3 is 2.48 bits per heavy atom. The van der Waals surface area contributed by atoms with Gasteiger partial charge in [0.15, 0.2) is 0 Å². The van der Waals surface area contributed by atoms with Crippen molar-refractivity contribution in [3.63, 3.8) is 0 Å². The first-order valence-electron chi connectivity index (χ1n) is 7.26. The van der Waals surface area contributed by atoms with Crippen LogP contribution in [0.5, 0.6) is 0 Å². The van der Waals surface area contributed by atoms with E-state index in [1.807, 2.05) is 19.1 Å². The van der Waals surface area contributed by atoms with Crippen molar-refractivity contribution < 1.29 is 13.2 Å². The van der Waals surface area contributed by atoms with E-state index >= 15 is 0 Å². The first-order chi connectivity index (χ1) is 11.8. The summed E-state index contributed by atoms with van der Waals surface area (Å²) in [7, 11) is 0. The van der Waals surface area contributed by atoms with Crippen molar-refractivity contribution in [3.05, 3.63) is 64.5 Å². The minimum Gasteiger partial charge on any atom is -0.284 e. The summed E-state index contributed by atoms with van der Waals surface area (Å²) in [5.74, 6) is -1.51. The van der Waals surface area contributed by atoms with Gasteiger partial charge in [0.1, 0.15) is 0 Å². The third-order valence-electron chi connectivity index (χ3n) is 3.80. The van der Waals surface area contributed by atoms with E-state index in [0.717, 1.165) is 10.1 Å². The lowest BCUT2D eigenvalue weighted by Crippen LogP contribution is -2.18. The van der Waals surface area contributed by atoms with Crippen LogP contribution in [0.2, 0.25) is 0 Å². The van der Waals surface area contributed by atoms with Gasteiger partial charge in [-0.15, -0.1) is 5.10 Å². The quantitative estimate of drug-likeness (QED) is 0.532. The fraction of sp³-hybridized carbons (Fsp3) is 0.125. The van der Waals surface area contributed by atoms with Crippen LogP contribution < -0.4 is 5.56 Å². The summed E-state index contributed by atoms with van der Waals surface area (Å²) >= 11 is 0. The molecule has 0 amide bonds. The molecular weight excluding hydrogens is 335 g/mol. The number of fused-ring (bicyclic) bond motifs is 3. The van der Waals surface area contributed by atoms with E-state index in [-0.39, 0.29) is 16.7 Å². The third kappa shape index (κ3) is 2.44. The summed E-state index contributed by atoms with van der Waals surface area (Å²) < 4.78 is 40.7. The summed E-state index contributed by atoms with van der Waals surface area (Å²) in [5.41, 5.74) is 1.50. The van der Waals surface area contributed by atoms with Gasteiger partial charge in [-0.05, 0) is 25.1 Å². The van der Waals surface area contributed by atoms with Crippen molar-refractivity contribution in [3.8, 4) is 5.69 Å². The van der Waals surface area contributed by atoms with E-state index in [9.17, 15) is 18.0 Å². The number of aryl methyl sites for hydroxylation is 1. The van der Waals surface area contributed by atoms with Crippen LogP contribution in [0.15, 0.2) is 47.5 Å². The second-order valence-corrected chi connectivity index (χ2v) is 5.53. The summed E-state index contributed by atoms with van der Waals surface area (Å²) in [6.45, 7) is 1.93. The largest absolute Gasteiger partial charge is 0.453 e. The van der Waals surface area contributed by atoms with Crippen LogP contribution in [0.25, 0.3) is 22.4 Å². The van der Waals surface area contributed by atoms with Gasteiger partial charge in [-0.2, -0.15) is 22.7 Å². The Bertz CT molecular complexity index is 1160. The molecule has 0 N–H and O–H groups in total. The molecule has 0 spiro atoms. The van der Waals surface area contributed by atoms with Crippen molar-refractivity contribution in [1.29, 1.82) is 0 Å². The zero-order valence-electron chi connectivity index (χ0n) is 12.8. The molecule has 0 aliphatic heterocycles. The van der Waals surface area contributed by atoms with Gasteiger partial charge in [-0.1, -0.05) is 17.7 Å². The van der Waals surface area contributed by atoms with Gasteiger partial charge in [-0.25, -0.2) is 4.98 Å². The zero-order chi connectivity index (χ0) is 17.8. The Morgan fingerprint density at radius 1 is 1.08 bits per heavy atom. The number of pyridine rings is 1. The van der Waals surface area contributed by atoms with Crippen molar-refractivity contribution in [2.24, 2.45) is 0 Å². The highest BCUT2D eigenvalue weighted by atomic mass is 19.4. The predicted octanol–water partition coefficient (Wildman–Crippen LogP) is 2.76. The molecular formula is C16H10F3N5O. The predicted molar refractivity (Wildman–Crippen MR) is 83.6 cm³/mol. The van der Waals surface area contributed by atoms with Gasteiger partial charge < -0.3 is 0 Å². The molecule has 0 unspecified atom stereocenters. The third-order valence-corrected chi connectivity index (χ3v) is 3.80. The maximum absolute atomic E-state index is 12.8. The fourth-order valence-corrected chi connectivity index (χ4v) is 2.55. The number of nitrogens with zero attached hydrogens (tertiary/aromatic N) is 5. The van der Waals surface area contributed by atoms with Gasteiger partial charge >= 0.3 is 6.18 Å². The summed E-state index contributed by atoms with van der Waals surface area (Å²) in [5, 5.41) is 3.58. The molecule has 9 heteroatoms. The lowest BCUT2D eigenvalue weighted by Gasteiger charge is -2.08. The van der Waals surface area contributed by atoms with E-state index in [1.165, 1.54) is 23.0 Å². The molecule has 6 nitrogen and oxygen atoms in total. The smallest absolute Gasteiger partial charge is 0.284 e. The molecule has 25 heavy (non-hydrogen) atoms. The van der Waals surface area contributed by atoms with Gasteiger partial charge in [0.25, 0.3) is 17.2 Å². The molecule has 0 aliphatic rings. The van der Waals surface area contributed by atoms with Crippen molar-refractivity contribution in [2.75, 3.05) is 0 Å². The number of alkyl halides is 3. The van der Waals surface area contributed by atoms with Crippen LogP contribution in [0.4, 0.5) is 13.2 Å². The monoisotopic (exact) mass is 345 g/mol. The van der Waals surface area contributed by atoms with Crippen LogP contribution in [0.1, 0.15) is 11.4 Å². The molecule has 0 aliphatic carbocycles. The Hall–Kier alpha value is -3.23. The van der Waals surface area contributed by atoms with Gasteiger partial charge in [-0.3, -0.25) is 9.36 Å².